The molecule has 2 unspecified atom stereocenters. The Morgan fingerprint density at radius 2 is 2.17 bits per heavy atom. The van der Waals surface area contributed by atoms with E-state index in [0.29, 0.717) is 12.1 Å². The molecule has 0 aromatic heterocycles. The third-order valence-electron chi connectivity index (χ3n) is 3.72. The molecule has 1 N–H and O–H groups in total. The summed E-state index contributed by atoms with van der Waals surface area (Å²) < 4.78 is 0. The predicted octanol–water partition coefficient (Wildman–Crippen LogP) is 4.58. The molecule has 0 bridgehead atoms. The number of hydrogen-bond donors (Lipinski definition) is 1. The van der Waals surface area contributed by atoms with Gasteiger partial charge in [-0.1, -0.05) is 23.8 Å². The van der Waals surface area contributed by atoms with Gasteiger partial charge in [0.15, 0.2) is 0 Å². The van der Waals surface area contributed by atoms with Crippen molar-refractivity contribution < 1.29 is 0 Å². The minimum atomic E-state index is 0.483. The van der Waals surface area contributed by atoms with Crippen LogP contribution in [0, 0.1) is 0 Å². The molecule has 3 heteroatoms. The third-order valence-corrected chi connectivity index (χ3v) is 5.08. The highest BCUT2D eigenvalue weighted by Gasteiger charge is 2.23. The summed E-state index contributed by atoms with van der Waals surface area (Å²) in [4.78, 5) is 1.40. The van der Waals surface area contributed by atoms with Crippen LogP contribution in [0.5, 0.6) is 0 Å². The first-order valence-electron chi connectivity index (χ1n) is 6.66. The molecule has 0 fully saturated rings. The van der Waals surface area contributed by atoms with Crippen LogP contribution in [-0.4, -0.2) is 11.8 Å². The van der Waals surface area contributed by atoms with E-state index in [0.717, 1.165) is 5.02 Å². The van der Waals surface area contributed by atoms with Crippen molar-refractivity contribution in [2.75, 3.05) is 5.75 Å². The average Bonchev–Trinajstić information content (AvgIpc) is 2.41. The second-order valence-corrected chi connectivity index (χ2v) is 6.59. The van der Waals surface area contributed by atoms with Crippen LogP contribution in [0.3, 0.4) is 0 Å². The summed E-state index contributed by atoms with van der Waals surface area (Å²) in [5.41, 5.74) is 1.40. The van der Waals surface area contributed by atoms with E-state index >= 15 is 0 Å². The molecule has 0 spiro atoms. The average molecular weight is 280 g/mol. The Morgan fingerprint density at radius 1 is 1.22 bits per heavy atom. The fourth-order valence-corrected chi connectivity index (χ4v) is 4.05. The monoisotopic (exact) mass is 279 g/mol. The molecule has 1 nitrogen and oxygen atoms in total. The fourth-order valence-electron chi connectivity index (χ4n) is 2.77. The lowest BCUT2D eigenvalue weighted by molar-refractivity contribution is 0.398. The molecule has 0 amide bonds. The number of halogens is 1. The number of nitrogens with one attached hydrogen (secondary N) is 1. The maximum Gasteiger partial charge on any atom is 0.0410 e. The summed E-state index contributed by atoms with van der Waals surface area (Å²) in [5, 5.41) is 4.67. The third kappa shape index (κ3) is 2.76. The summed E-state index contributed by atoms with van der Waals surface area (Å²) in [7, 11) is 0. The first-order chi connectivity index (χ1) is 8.83. The first kappa shape index (κ1) is 12.6. The quantitative estimate of drug-likeness (QED) is 0.796. The van der Waals surface area contributed by atoms with Crippen LogP contribution in [-0.2, 0) is 0 Å². The second-order valence-electron chi connectivity index (χ2n) is 5.02. The molecule has 1 aliphatic heterocycles. The van der Waals surface area contributed by atoms with Crippen LogP contribution in [0.4, 0.5) is 0 Å². The van der Waals surface area contributed by atoms with Crippen LogP contribution in [0.25, 0.3) is 0 Å². The van der Waals surface area contributed by atoms with Crippen molar-refractivity contribution in [1.29, 1.82) is 0 Å². The Balaban J connectivity index is 1.78. The van der Waals surface area contributed by atoms with Gasteiger partial charge in [0.05, 0.1) is 0 Å². The Bertz CT molecular complexity index is 458. The van der Waals surface area contributed by atoms with E-state index in [-0.39, 0.29) is 0 Å². The van der Waals surface area contributed by atoms with Crippen molar-refractivity contribution in [2.24, 2.45) is 0 Å². The van der Waals surface area contributed by atoms with Crippen molar-refractivity contribution in [3.05, 3.63) is 40.9 Å². The van der Waals surface area contributed by atoms with Gasteiger partial charge in [-0.15, -0.1) is 11.8 Å². The molecule has 0 saturated heterocycles. The van der Waals surface area contributed by atoms with Gasteiger partial charge in [-0.25, -0.2) is 0 Å². The Hall–Kier alpha value is -0.440. The minimum absolute atomic E-state index is 0.483. The Kier molecular flexibility index (Phi) is 3.97. The standard InChI is InChI=1S/C15H18ClNS/c16-11-6-7-15-13(10-11)14(8-9-18-15)17-12-4-2-1-3-5-12/h1-2,6-7,10,12,14,17H,3-5,8-9H2. The molecule has 0 saturated carbocycles. The molecule has 1 aromatic carbocycles. The lowest BCUT2D eigenvalue weighted by atomic mass is 9.97. The van der Waals surface area contributed by atoms with Gasteiger partial charge in [0, 0.05) is 22.0 Å². The second kappa shape index (κ2) is 5.68. The fraction of sp³-hybridized carbons (Fsp3) is 0.467. The molecule has 2 aliphatic rings. The summed E-state index contributed by atoms with van der Waals surface area (Å²) >= 11 is 8.09. The van der Waals surface area contributed by atoms with Gasteiger partial charge in [0.2, 0.25) is 0 Å². The smallest absolute Gasteiger partial charge is 0.0410 e. The van der Waals surface area contributed by atoms with Crippen LogP contribution in [0.1, 0.15) is 37.3 Å². The van der Waals surface area contributed by atoms with Crippen LogP contribution < -0.4 is 5.32 Å². The zero-order chi connectivity index (χ0) is 12.4. The van der Waals surface area contributed by atoms with Crippen molar-refractivity contribution in [2.45, 2.75) is 42.7 Å². The van der Waals surface area contributed by atoms with E-state index < -0.39 is 0 Å². The molecule has 1 aliphatic carbocycles. The van der Waals surface area contributed by atoms with E-state index in [4.69, 9.17) is 11.6 Å². The summed E-state index contributed by atoms with van der Waals surface area (Å²) in [5.74, 6) is 1.20. The normalized spacial score (nSPS) is 26.9. The van der Waals surface area contributed by atoms with Gasteiger partial charge in [-0.05, 0) is 55.2 Å². The molecule has 1 heterocycles. The molecule has 3 rings (SSSR count). The van der Waals surface area contributed by atoms with Crippen LogP contribution >= 0.6 is 23.4 Å². The van der Waals surface area contributed by atoms with Gasteiger partial charge in [-0.2, -0.15) is 0 Å². The van der Waals surface area contributed by atoms with Gasteiger partial charge in [-0.3, -0.25) is 0 Å². The molecular weight excluding hydrogens is 262 g/mol. The van der Waals surface area contributed by atoms with Crippen molar-refractivity contribution >= 4 is 23.4 Å². The minimum Gasteiger partial charge on any atom is -0.307 e. The summed E-state index contributed by atoms with van der Waals surface area (Å²) in [6.45, 7) is 0. The number of rotatable bonds is 2. The van der Waals surface area contributed by atoms with Gasteiger partial charge in [0.25, 0.3) is 0 Å². The highest BCUT2D eigenvalue weighted by Crippen LogP contribution is 2.38. The van der Waals surface area contributed by atoms with Crippen molar-refractivity contribution in [3.8, 4) is 0 Å². The first-order valence-corrected chi connectivity index (χ1v) is 8.02. The van der Waals surface area contributed by atoms with Crippen molar-refractivity contribution in [3.63, 3.8) is 0 Å². The number of allylic oxidation sites excluding steroid dienone is 1. The summed E-state index contributed by atoms with van der Waals surface area (Å²) in [6, 6.07) is 7.42. The highest BCUT2D eigenvalue weighted by atomic mass is 35.5. The number of hydrogen-bond acceptors (Lipinski definition) is 2. The highest BCUT2D eigenvalue weighted by molar-refractivity contribution is 7.99. The van der Waals surface area contributed by atoms with Crippen LogP contribution in [0.15, 0.2) is 35.2 Å². The molecule has 18 heavy (non-hydrogen) atoms. The van der Waals surface area contributed by atoms with E-state index in [1.54, 1.807) is 0 Å². The lowest BCUT2D eigenvalue weighted by Crippen LogP contribution is -2.35. The SMILES string of the molecule is Clc1ccc2c(c1)C(NC1CC=CCC1)CCS2. The Morgan fingerprint density at radius 3 is 3.00 bits per heavy atom. The molecular formula is C15H18ClNS. The number of benzene rings is 1. The molecule has 2 atom stereocenters. The van der Waals surface area contributed by atoms with E-state index in [2.05, 4.69) is 29.6 Å². The van der Waals surface area contributed by atoms with E-state index in [1.165, 1.54) is 41.9 Å². The predicted molar refractivity (Wildman–Crippen MR) is 79.4 cm³/mol. The number of fused-ring (bicyclic) bond motifs is 1. The topological polar surface area (TPSA) is 12.0 Å². The molecule has 96 valence electrons. The van der Waals surface area contributed by atoms with Crippen LogP contribution in [0.2, 0.25) is 5.02 Å². The maximum absolute atomic E-state index is 6.14. The van der Waals surface area contributed by atoms with E-state index in [9.17, 15) is 0 Å². The maximum atomic E-state index is 6.14. The van der Waals surface area contributed by atoms with Crippen molar-refractivity contribution in [1.82, 2.24) is 5.32 Å². The van der Waals surface area contributed by atoms with E-state index in [1.807, 2.05) is 17.8 Å². The van der Waals surface area contributed by atoms with Gasteiger partial charge < -0.3 is 5.32 Å². The zero-order valence-corrected chi connectivity index (χ0v) is 11.9. The van der Waals surface area contributed by atoms with Gasteiger partial charge >= 0.3 is 0 Å². The molecule has 0 radical (unpaired) electrons. The largest absolute Gasteiger partial charge is 0.307 e. The van der Waals surface area contributed by atoms with Gasteiger partial charge in [0.1, 0.15) is 0 Å². The molecule has 1 aromatic rings. The Labute approximate surface area is 118 Å². The summed E-state index contributed by atoms with van der Waals surface area (Å²) in [6.07, 6.45) is 9.44. The lowest BCUT2D eigenvalue weighted by Gasteiger charge is -2.31. The number of thioether (sulfide) groups is 1. The zero-order valence-electron chi connectivity index (χ0n) is 10.4.